The first-order chi connectivity index (χ1) is 14.5. The summed E-state index contributed by atoms with van der Waals surface area (Å²) in [5, 5.41) is 3.14. The summed E-state index contributed by atoms with van der Waals surface area (Å²) < 4.78 is 34.3. The summed E-state index contributed by atoms with van der Waals surface area (Å²) in [4.78, 5) is 20.5. The Hall–Kier alpha value is -2.77. The van der Waals surface area contributed by atoms with Crippen molar-refractivity contribution < 1.29 is 23.0 Å². The molecule has 1 aliphatic carbocycles. The molecule has 3 rings (SSSR count). The van der Waals surface area contributed by atoms with Crippen molar-refractivity contribution >= 4 is 5.91 Å². The number of rotatable bonds is 8. The number of aromatic nitrogens is 2. The SMILES string of the molecule is CC[C@H](NC(=O)c1ccc(OC)nc1)C1CCC(c2ccnc(OC(F)F)c2)CC1. The van der Waals surface area contributed by atoms with Gasteiger partial charge in [0, 0.05) is 30.6 Å². The van der Waals surface area contributed by atoms with Crippen LogP contribution in [0.3, 0.4) is 0 Å². The van der Waals surface area contributed by atoms with E-state index >= 15 is 0 Å². The van der Waals surface area contributed by atoms with Gasteiger partial charge in [-0.15, -0.1) is 0 Å². The molecule has 8 heteroatoms. The number of nitrogens with one attached hydrogen (secondary N) is 1. The van der Waals surface area contributed by atoms with Crippen LogP contribution in [0.4, 0.5) is 8.78 Å². The van der Waals surface area contributed by atoms with Crippen molar-refractivity contribution in [3.8, 4) is 11.8 Å². The number of pyridine rings is 2. The molecule has 2 aromatic rings. The van der Waals surface area contributed by atoms with Crippen molar-refractivity contribution in [2.45, 2.75) is 57.6 Å². The maximum atomic E-state index is 12.6. The highest BCUT2D eigenvalue weighted by Gasteiger charge is 2.29. The fourth-order valence-corrected chi connectivity index (χ4v) is 4.13. The molecule has 0 bridgehead atoms. The third-order valence-electron chi connectivity index (χ3n) is 5.75. The van der Waals surface area contributed by atoms with Gasteiger partial charge in [-0.2, -0.15) is 8.78 Å². The van der Waals surface area contributed by atoms with Crippen LogP contribution in [-0.2, 0) is 0 Å². The quantitative estimate of drug-likeness (QED) is 0.679. The van der Waals surface area contributed by atoms with Crippen LogP contribution in [0.25, 0.3) is 0 Å². The lowest BCUT2D eigenvalue weighted by Gasteiger charge is -2.34. The normalized spacial score (nSPS) is 19.9. The Morgan fingerprint density at radius 1 is 1.17 bits per heavy atom. The molecule has 1 N–H and O–H groups in total. The number of hydrogen-bond acceptors (Lipinski definition) is 5. The summed E-state index contributed by atoms with van der Waals surface area (Å²) in [6.45, 7) is -0.807. The van der Waals surface area contributed by atoms with Gasteiger partial charge < -0.3 is 14.8 Å². The van der Waals surface area contributed by atoms with Crippen LogP contribution in [-0.4, -0.2) is 35.6 Å². The molecular formula is C22H27F2N3O3. The zero-order valence-corrected chi connectivity index (χ0v) is 17.2. The molecule has 1 atom stereocenters. The van der Waals surface area contributed by atoms with Gasteiger partial charge in [-0.25, -0.2) is 9.97 Å². The molecule has 30 heavy (non-hydrogen) atoms. The first-order valence-electron chi connectivity index (χ1n) is 10.2. The van der Waals surface area contributed by atoms with Gasteiger partial charge >= 0.3 is 6.61 Å². The molecule has 1 amide bonds. The van der Waals surface area contributed by atoms with E-state index in [0.29, 0.717) is 17.4 Å². The number of amides is 1. The van der Waals surface area contributed by atoms with Crippen molar-refractivity contribution in [2.24, 2.45) is 5.92 Å². The molecule has 6 nitrogen and oxygen atoms in total. The number of carbonyl (C=O) groups excluding carboxylic acids is 1. The van der Waals surface area contributed by atoms with Crippen LogP contribution < -0.4 is 14.8 Å². The zero-order chi connectivity index (χ0) is 21.5. The first kappa shape index (κ1) is 21.9. The van der Waals surface area contributed by atoms with Crippen LogP contribution >= 0.6 is 0 Å². The van der Waals surface area contributed by atoms with E-state index in [4.69, 9.17) is 4.74 Å². The second kappa shape index (κ2) is 10.3. The van der Waals surface area contributed by atoms with Crippen LogP contribution in [0.5, 0.6) is 11.8 Å². The minimum atomic E-state index is -2.88. The number of ether oxygens (including phenoxy) is 2. The molecule has 2 aromatic heterocycles. The number of alkyl halides is 2. The van der Waals surface area contributed by atoms with Gasteiger partial charge in [0.1, 0.15) is 0 Å². The number of hydrogen-bond donors (Lipinski definition) is 1. The number of nitrogens with zero attached hydrogens (tertiary/aromatic N) is 2. The highest BCUT2D eigenvalue weighted by atomic mass is 19.3. The van der Waals surface area contributed by atoms with Gasteiger partial charge in [0.2, 0.25) is 11.8 Å². The Morgan fingerprint density at radius 3 is 2.53 bits per heavy atom. The Bertz CT molecular complexity index is 825. The molecule has 1 saturated carbocycles. The van der Waals surface area contributed by atoms with Crippen molar-refractivity contribution in [3.63, 3.8) is 0 Å². The van der Waals surface area contributed by atoms with E-state index < -0.39 is 6.61 Å². The van der Waals surface area contributed by atoms with Gasteiger partial charge in [-0.3, -0.25) is 4.79 Å². The molecule has 0 aromatic carbocycles. The first-order valence-corrected chi connectivity index (χ1v) is 10.2. The molecule has 1 fully saturated rings. The highest BCUT2D eigenvalue weighted by molar-refractivity contribution is 5.94. The fourth-order valence-electron chi connectivity index (χ4n) is 4.13. The molecule has 0 aliphatic heterocycles. The zero-order valence-electron chi connectivity index (χ0n) is 17.2. The predicted molar refractivity (Wildman–Crippen MR) is 108 cm³/mol. The van der Waals surface area contributed by atoms with Crippen molar-refractivity contribution in [3.05, 3.63) is 47.8 Å². The molecule has 162 valence electrons. The molecule has 0 unspecified atom stereocenters. The maximum absolute atomic E-state index is 12.6. The average Bonchev–Trinajstić information content (AvgIpc) is 2.77. The van der Waals surface area contributed by atoms with Gasteiger partial charge in [-0.1, -0.05) is 6.92 Å². The summed E-state index contributed by atoms with van der Waals surface area (Å²) >= 11 is 0. The summed E-state index contributed by atoms with van der Waals surface area (Å²) in [6.07, 6.45) is 7.64. The van der Waals surface area contributed by atoms with Crippen molar-refractivity contribution in [1.29, 1.82) is 0 Å². The minimum absolute atomic E-state index is 0.0450. The van der Waals surface area contributed by atoms with Gasteiger partial charge in [0.05, 0.1) is 12.7 Å². The van der Waals surface area contributed by atoms with E-state index in [2.05, 4.69) is 26.9 Å². The fraction of sp³-hybridized carbons (Fsp3) is 0.500. The average molecular weight is 419 g/mol. The van der Waals surface area contributed by atoms with E-state index in [1.807, 2.05) is 6.07 Å². The molecule has 0 saturated heterocycles. The molecule has 0 spiro atoms. The van der Waals surface area contributed by atoms with Crippen LogP contribution in [0.2, 0.25) is 0 Å². The number of methoxy groups -OCH3 is 1. The Labute approximate surface area is 175 Å². The lowest BCUT2D eigenvalue weighted by Crippen LogP contribution is -2.41. The van der Waals surface area contributed by atoms with Gasteiger partial charge in [0.25, 0.3) is 5.91 Å². The topological polar surface area (TPSA) is 73.3 Å². The summed E-state index contributed by atoms with van der Waals surface area (Å²) in [5.41, 5.74) is 1.48. The second-order valence-corrected chi connectivity index (χ2v) is 7.50. The molecule has 1 aliphatic rings. The summed E-state index contributed by atoms with van der Waals surface area (Å²) in [7, 11) is 1.53. The number of carbonyl (C=O) groups is 1. The Kier molecular flexibility index (Phi) is 7.54. The predicted octanol–water partition coefficient (Wildman–Crippen LogP) is 4.57. The second-order valence-electron chi connectivity index (χ2n) is 7.50. The molecular weight excluding hydrogens is 392 g/mol. The molecule has 0 radical (unpaired) electrons. The Morgan fingerprint density at radius 2 is 1.93 bits per heavy atom. The van der Waals surface area contributed by atoms with Crippen LogP contribution in [0, 0.1) is 5.92 Å². The maximum Gasteiger partial charge on any atom is 0.388 e. The minimum Gasteiger partial charge on any atom is -0.481 e. The third kappa shape index (κ3) is 5.64. The van der Waals surface area contributed by atoms with E-state index in [1.54, 1.807) is 18.2 Å². The lowest BCUT2D eigenvalue weighted by molar-refractivity contribution is -0.0529. The number of halogens is 2. The lowest BCUT2D eigenvalue weighted by atomic mass is 9.75. The summed E-state index contributed by atoms with van der Waals surface area (Å²) in [5.74, 6) is 0.942. The standard InChI is InChI=1S/C22H27F2N3O3/c1-3-18(27-21(28)17-8-9-19(29-2)26-13-17)15-6-4-14(5-7-15)16-10-11-25-20(12-16)30-22(23)24/h8-15,18,22H,3-7H2,1-2H3,(H,27,28)/t14?,15?,18-/m0/s1. The highest BCUT2D eigenvalue weighted by Crippen LogP contribution is 2.38. The largest absolute Gasteiger partial charge is 0.481 e. The van der Waals surface area contributed by atoms with Crippen LogP contribution in [0.1, 0.15) is 60.9 Å². The van der Waals surface area contributed by atoms with Crippen molar-refractivity contribution in [1.82, 2.24) is 15.3 Å². The summed E-state index contributed by atoms with van der Waals surface area (Å²) in [6, 6.07) is 6.91. The Balaban J connectivity index is 1.56. The van der Waals surface area contributed by atoms with Gasteiger partial charge in [0.15, 0.2) is 0 Å². The van der Waals surface area contributed by atoms with E-state index in [-0.39, 0.29) is 23.7 Å². The molecule has 2 heterocycles. The smallest absolute Gasteiger partial charge is 0.388 e. The van der Waals surface area contributed by atoms with E-state index in [9.17, 15) is 13.6 Å². The van der Waals surface area contributed by atoms with Gasteiger partial charge in [-0.05, 0) is 61.6 Å². The van der Waals surface area contributed by atoms with E-state index in [0.717, 1.165) is 37.7 Å². The monoisotopic (exact) mass is 419 g/mol. The van der Waals surface area contributed by atoms with Crippen molar-refractivity contribution in [2.75, 3.05) is 7.11 Å². The third-order valence-corrected chi connectivity index (χ3v) is 5.75. The van der Waals surface area contributed by atoms with E-state index in [1.165, 1.54) is 19.5 Å². The van der Waals surface area contributed by atoms with Crippen LogP contribution in [0.15, 0.2) is 36.7 Å².